The molecule has 0 unspecified atom stereocenters. The molecule has 2 rings (SSSR count). The Labute approximate surface area is 96.3 Å². The lowest BCUT2D eigenvalue weighted by Gasteiger charge is -2.38. The van der Waals surface area contributed by atoms with Crippen molar-refractivity contribution in [3.63, 3.8) is 0 Å². The summed E-state index contributed by atoms with van der Waals surface area (Å²) in [7, 11) is 0. The van der Waals surface area contributed by atoms with E-state index in [1.165, 1.54) is 5.56 Å². The van der Waals surface area contributed by atoms with Crippen LogP contribution in [0.1, 0.15) is 18.4 Å². The molecule has 1 aromatic rings. The number of piperidine rings is 1. The van der Waals surface area contributed by atoms with Crippen LogP contribution in [0.15, 0.2) is 30.3 Å². The fourth-order valence-corrected chi connectivity index (χ4v) is 2.31. The predicted octanol–water partition coefficient (Wildman–Crippen LogP) is 1.01. The van der Waals surface area contributed by atoms with E-state index in [4.69, 9.17) is 5.11 Å². The number of aliphatic hydroxyl groups excluding tert-OH is 1. The zero-order valence-corrected chi connectivity index (χ0v) is 9.47. The van der Waals surface area contributed by atoms with Crippen LogP contribution in [0, 0.1) is 0 Å². The second kappa shape index (κ2) is 4.95. The highest BCUT2D eigenvalue weighted by Gasteiger charge is 2.32. The van der Waals surface area contributed by atoms with Gasteiger partial charge in [-0.15, -0.1) is 0 Å². The molecule has 0 aliphatic carbocycles. The molecule has 3 nitrogen and oxygen atoms in total. The van der Waals surface area contributed by atoms with Crippen molar-refractivity contribution in [2.24, 2.45) is 0 Å². The van der Waals surface area contributed by atoms with Gasteiger partial charge in [0.05, 0.1) is 6.61 Å². The smallest absolute Gasteiger partial charge is 0.100 e. The molecule has 0 amide bonds. The molecule has 1 aromatic carbocycles. The Bertz CT molecular complexity index is 328. The largest absolute Gasteiger partial charge is 0.393 e. The monoisotopic (exact) mass is 221 g/mol. The summed E-state index contributed by atoms with van der Waals surface area (Å²) in [4.78, 5) is 2.20. The molecule has 1 atom stereocenters. The van der Waals surface area contributed by atoms with Gasteiger partial charge in [0.1, 0.15) is 5.60 Å². The molecule has 0 saturated carbocycles. The summed E-state index contributed by atoms with van der Waals surface area (Å²) in [6, 6.07) is 10.2. The van der Waals surface area contributed by atoms with Crippen molar-refractivity contribution in [3.8, 4) is 0 Å². The molecule has 0 radical (unpaired) electrons. The molecule has 0 bridgehead atoms. The Hall–Kier alpha value is -0.900. The maximum atomic E-state index is 10.0. The van der Waals surface area contributed by atoms with Gasteiger partial charge < -0.3 is 10.2 Å². The molecule has 2 N–H and O–H groups in total. The summed E-state index contributed by atoms with van der Waals surface area (Å²) < 4.78 is 0. The van der Waals surface area contributed by atoms with Gasteiger partial charge in [-0.3, -0.25) is 4.90 Å². The second-order valence-electron chi connectivity index (χ2n) is 4.68. The molecule has 1 saturated heterocycles. The third kappa shape index (κ3) is 2.82. The topological polar surface area (TPSA) is 43.7 Å². The normalized spacial score (nSPS) is 26.9. The summed E-state index contributed by atoms with van der Waals surface area (Å²) in [5.41, 5.74) is 0.359. The summed E-state index contributed by atoms with van der Waals surface area (Å²) in [6.07, 6.45) is 1.65. The average molecular weight is 221 g/mol. The maximum Gasteiger partial charge on any atom is 0.100 e. The fourth-order valence-electron chi connectivity index (χ4n) is 2.31. The highest BCUT2D eigenvalue weighted by atomic mass is 16.3. The molecule has 1 aliphatic rings. The van der Waals surface area contributed by atoms with Crippen molar-refractivity contribution in [3.05, 3.63) is 35.9 Å². The van der Waals surface area contributed by atoms with Gasteiger partial charge in [0.15, 0.2) is 0 Å². The Morgan fingerprint density at radius 3 is 2.69 bits per heavy atom. The van der Waals surface area contributed by atoms with E-state index in [0.29, 0.717) is 13.0 Å². The van der Waals surface area contributed by atoms with Crippen LogP contribution in [0.5, 0.6) is 0 Å². The van der Waals surface area contributed by atoms with E-state index in [1.807, 2.05) is 18.2 Å². The SMILES string of the molecule is OC[C@@]1(O)CCCN(Cc2ccccc2)C1. The number of benzene rings is 1. The zero-order chi connectivity index (χ0) is 11.4. The average Bonchev–Trinajstić information content (AvgIpc) is 2.30. The van der Waals surface area contributed by atoms with Crippen molar-refractivity contribution < 1.29 is 10.2 Å². The first-order valence-electron chi connectivity index (χ1n) is 5.81. The van der Waals surface area contributed by atoms with Crippen LogP contribution in [0.4, 0.5) is 0 Å². The lowest BCUT2D eigenvalue weighted by atomic mass is 9.93. The summed E-state index contributed by atoms with van der Waals surface area (Å²) in [6.45, 7) is 2.27. The summed E-state index contributed by atoms with van der Waals surface area (Å²) in [5.74, 6) is 0. The lowest BCUT2D eigenvalue weighted by molar-refractivity contribution is -0.0687. The molecule has 3 heteroatoms. The quantitative estimate of drug-likeness (QED) is 0.800. The van der Waals surface area contributed by atoms with E-state index in [9.17, 15) is 5.11 Å². The zero-order valence-electron chi connectivity index (χ0n) is 9.47. The number of aliphatic hydroxyl groups is 2. The van der Waals surface area contributed by atoms with E-state index >= 15 is 0 Å². The molecule has 1 fully saturated rings. The van der Waals surface area contributed by atoms with Gasteiger partial charge >= 0.3 is 0 Å². The van der Waals surface area contributed by atoms with E-state index in [0.717, 1.165) is 19.5 Å². The summed E-state index contributed by atoms with van der Waals surface area (Å²) >= 11 is 0. The van der Waals surface area contributed by atoms with Gasteiger partial charge in [0.2, 0.25) is 0 Å². The minimum Gasteiger partial charge on any atom is -0.393 e. The number of β-amino-alcohol motifs (C(OH)–C–C–N with tert-alkyl or cyclic N) is 1. The van der Waals surface area contributed by atoms with Crippen molar-refractivity contribution >= 4 is 0 Å². The predicted molar refractivity (Wildman–Crippen MR) is 63.0 cm³/mol. The van der Waals surface area contributed by atoms with E-state index in [1.54, 1.807) is 0 Å². The van der Waals surface area contributed by atoms with Crippen LogP contribution in [-0.4, -0.2) is 40.4 Å². The Morgan fingerprint density at radius 2 is 2.00 bits per heavy atom. The van der Waals surface area contributed by atoms with Crippen LogP contribution in [0.2, 0.25) is 0 Å². The third-order valence-electron chi connectivity index (χ3n) is 3.18. The molecule has 16 heavy (non-hydrogen) atoms. The van der Waals surface area contributed by atoms with Crippen LogP contribution in [0.25, 0.3) is 0 Å². The van der Waals surface area contributed by atoms with E-state index in [2.05, 4.69) is 17.0 Å². The molecule has 1 heterocycles. The van der Waals surface area contributed by atoms with E-state index in [-0.39, 0.29) is 6.61 Å². The van der Waals surface area contributed by atoms with Crippen LogP contribution < -0.4 is 0 Å². The number of nitrogens with zero attached hydrogens (tertiary/aromatic N) is 1. The highest BCUT2D eigenvalue weighted by molar-refractivity contribution is 5.14. The lowest BCUT2D eigenvalue weighted by Crippen LogP contribution is -2.49. The molecule has 1 aliphatic heterocycles. The van der Waals surface area contributed by atoms with Crippen LogP contribution in [0.3, 0.4) is 0 Å². The highest BCUT2D eigenvalue weighted by Crippen LogP contribution is 2.21. The number of rotatable bonds is 3. The van der Waals surface area contributed by atoms with Gasteiger partial charge in [-0.05, 0) is 24.9 Å². The first kappa shape index (κ1) is 11.6. The van der Waals surface area contributed by atoms with E-state index < -0.39 is 5.60 Å². The minimum absolute atomic E-state index is 0.141. The van der Waals surface area contributed by atoms with Crippen molar-refractivity contribution in [2.75, 3.05) is 19.7 Å². The third-order valence-corrected chi connectivity index (χ3v) is 3.18. The maximum absolute atomic E-state index is 10.0. The molecular formula is C13H19NO2. The fraction of sp³-hybridized carbons (Fsp3) is 0.538. The van der Waals surface area contributed by atoms with Gasteiger partial charge in [0.25, 0.3) is 0 Å². The Kier molecular flexibility index (Phi) is 3.59. The van der Waals surface area contributed by atoms with Crippen molar-refractivity contribution in [2.45, 2.75) is 25.0 Å². The van der Waals surface area contributed by atoms with Crippen molar-refractivity contribution in [1.82, 2.24) is 4.90 Å². The van der Waals surface area contributed by atoms with Crippen LogP contribution >= 0.6 is 0 Å². The van der Waals surface area contributed by atoms with Gasteiger partial charge in [-0.2, -0.15) is 0 Å². The Balaban J connectivity index is 1.96. The Morgan fingerprint density at radius 1 is 1.25 bits per heavy atom. The first-order chi connectivity index (χ1) is 7.72. The van der Waals surface area contributed by atoms with Crippen LogP contribution in [-0.2, 0) is 6.54 Å². The van der Waals surface area contributed by atoms with Gasteiger partial charge in [0, 0.05) is 13.1 Å². The molecule has 0 spiro atoms. The number of likely N-dealkylation sites (tertiary alicyclic amines) is 1. The summed E-state index contributed by atoms with van der Waals surface area (Å²) in [5, 5.41) is 19.2. The van der Waals surface area contributed by atoms with Gasteiger partial charge in [-0.1, -0.05) is 30.3 Å². The second-order valence-corrected chi connectivity index (χ2v) is 4.68. The molecular weight excluding hydrogens is 202 g/mol. The number of hydrogen-bond acceptors (Lipinski definition) is 3. The minimum atomic E-state index is -0.896. The first-order valence-corrected chi connectivity index (χ1v) is 5.81. The van der Waals surface area contributed by atoms with Gasteiger partial charge in [-0.25, -0.2) is 0 Å². The van der Waals surface area contributed by atoms with Crippen molar-refractivity contribution in [1.29, 1.82) is 0 Å². The standard InChI is InChI=1S/C13H19NO2/c15-11-13(16)7-4-8-14(10-13)9-12-5-2-1-3-6-12/h1-3,5-6,15-16H,4,7-11H2/t13-/m1/s1. The molecule has 88 valence electrons. The molecule has 0 aromatic heterocycles. The number of hydrogen-bond donors (Lipinski definition) is 2.